The average Bonchev–Trinajstić information content (AvgIpc) is 2.98. The van der Waals surface area contributed by atoms with Gasteiger partial charge in [-0.05, 0) is 31.5 Å². The van der Waals surface area contributed by atoms with Gasteiger partial charge in [0.15, 0.2) is 6.61 Å². The molecule has 3 rings (SSSR count). The fourth-order valence-corrected chi connectivity index (χ4v) is 2.43. The highest BCUT2D eigenvalue weighted by atomic mass is 16.5. The number of benzene rings is 1. The molecule has 1 aromatic carbocycles. The van der Waals surface area contributed by atoms with Crippen LogP contribution in [-0.2, 0) is 4.79 Å². The largest absolute Gasteiger partial charge is 0.482 e. The van der Waals surface area contributed by atoms with Gasteiger partial charge in [-0.25, -0.2) is 4.98 Å². The quantitative estimate of drug-likeness (QED) is 0.803. The van der Waals surface area contributed by atoms with Crippen LogP contribution in [0.15, 0.2) is 24.4 Å². The SMILES string of the molecule is CCC(NC(=O)c1ccc2c(c1)OCC(=O)N2)c1ncc(C)[nH]1. The Hall–Kier alpha value is -2.83. The van der Waals surface area contributed by atoms with Crippen molar-refractivity contribution >= 4 is 17.5 Å². The maximum Gasteiger partial charge on any atom is 0.262 e. The number of aromatic amines is 1. The first-order valence-electron chi connectivity index (χ1n) is 7.46. The minimum absolute atomic E-state index is 0.0403. The first kappa shape index (κ1) is 15.1. The molecule has 0 radical (unpaired) electrons. The fourth-order valence-electron chi connectivity index (χ4n) is 2.43. The molecule has 1 aliphatic heterocycles. The third-order valence-corrected chi connectivity index (χ3v) is 3.64. The summed E-state index contributed by atoms with van der Waals surface area (Å²) in [6.45, 7) is 3.86. The Morgan fingerprint density at radius 3 is 3.00 bits per heavy atom. The van der Waals surface area contributed by atoms with Crippen molar-refractivity contribution in [3.05, 3.63) is 41.5 Å². The molecule has 1 aromatic heterocycles. The molecule has 0 saturated carbocycles. The van der Waals surface area contributed by atoms with Crippen LogP contribution in [0.4, 0.5) is 5.69 Å². The molecule has 1 atom stereocenters. The Morgan fingerprint density at radius 1 is 1.48 bits per heavy atom. The van der Waals surface area contributed by atoms with Gasteiger partial charge in [0.05, 0.1) is 11.7 Å². The Kier molecular flexibility index (Phi) is 4.01. The van der Waals surface area contributed by atoms with Gasteiger partial charge in [0, 0.05) is 17.5 Å². The van der Waals surface area contributed by atoms with Crippen molar-refractivity contribution in [3.63, 3.8) is 0 Å². The predicted molar refractivity (Wildman–Crippen MR) is 84.4 cm³/mol. The maximum atomic E-state index is 12.4. The first-order chi connectivity index (χ1) is 11.1. The van der Waals surface area contributed by atoms with Crippen molar-refractivity contribution in [2.24, 2.45) is 0 Å². The van der Waals surface area contributed by atoms with Gasteiger partial charge in [-0.3, -0.25) is 9.59 Å². The lowest BCUT2D eigenvalue weighted by Crippen LogP contribution is -2.29. The molecular weight excluding hydrogens is 296 g/mol. The van der Waals surface area contributed by atoms with E-state index in [0.29, 0.717) is 17.0 Å². The van der Waals surface area contributed by atoms with Gasteiger partial charge in [0.2, 0.25) is 0 Å². The number of aryl methyl sites for hydroxylation is 1. The molecular formula is C16H18N4O3. The van der Waals surface area contributed by atoms with E-state index >= 15 is 0 Å². The molecule has 0 bridgehead atoms. The molecule has 7 heteroatoms. The number of imidazole rings is 1. The van der Waals surface area contributed by atoms with Crippen LogP contribution in [0, 0.1) is 6.92 Å². The molecule has 2 heterocycles. The third-order valence-electron chi connectivity index (χ3n) is 3.64. The zero-order chi connectivity index (χ0) is 16.4. The highest BCUT2D eigenvalue weighted by Crippen LogP contribution is 2.28. The van der Waals surface area contributed by atoms with Crippen LogP contribution in [0.5, 0.6) is 5.75 Å². The van der Waals surface area contributed by atoms with E-state index in [1.54, 1.807) is 24.4 Å². The number of hydrogen-bond acceptors (Lipinski definition) is 4. The summed E-state index contributed by atoms with van der Waals surface area (Å²) < 4.78 is 5.34. The number of fused-ring (bicyclic) bond motifs is 1. The van der Waals surface area contributed by atoms with Crippen molar-refractivity contribution in [2.45, 2.75) is 26.3 Å². The van der Waals surface area contributed by atoms with E-state index in [1.165, 1.54) is 0 Å². The molecule has 0 saturated heterocycles. The zero-order valence-corrected chi connectivity index (χ0v) is 13.0. The molecule has 7 nitrogen and oxygen atoms in total. The molecule has 2 aromatic rings. The standard InChI is InChI=1S/C16H18N4O3/c1-3-11(15-17-7-9(2)18-15)20-16(22)10-4-5-12-13(6-10)23-8-14(21)19-12/h4-7,11H,3,8H2,1-2H3,(H,17,18)(H,19,21)(H,20,22). The van der Waals surface area contributed by atoms with Crippen LogP contribution in [0.25, 0.3) is 0 Å². The molecule has 3 N–H and O–H groups in total. The number of anilines is 1. The van der Waals surface area contributed by atoms with Gasteiger partial charge in [-0.15, -0.1) is 0 Å². The number of nitrogens with one attached hydrogen (secondary N) is 3. The number of ether oxygens (including phenoxy) is 1. The van der Waals surface area contributed by atoms with Crippen molar-refractivity contribution < 1.29 is 14.3 Å². The summed E-state index contributed by atoms with van der Waals surface area (Å²) in [7, 11) is 0. The van der Waals surface area contributed by atoms with E-state index < -0.39 is 0 Å². The summed E-state index contributed by atoms with van der Waals surface area (Å²) in [5.74, 6) is 0.821. The van der Waals surface area contributed by atoms with Crippen molar-refractivity contribution in [3.8, 4) is 5.75 Å². The molecule has 0 aliphatic carbocycles. The molecule has 23 heavy (non-hydrogen) atoms. The monoisotopic (exact) mass is 314 g/mol. The molecule has 1 unspecified atom stereocenters. The molecule has 1 aliphatic rings. The Morgan fingerprint density at radius 2 is 2.30 bits per heavy atom. The van der Waals surface area contributed by atoms with Gasteiger partial charge in [-0.1, -0.05) is 6.92 Å². The summed E-state index contributed by atoms with van der Waals surface area (Å²) >= 11 is 0. The highest BCUT2D eigenvalue weighted by molar-refractivity contribution is 5.99. The molecule has 2 amide bonds. The first-order valence-corrected chi connectivity index (χ1v) is 7.46. The van der Waals surface area contributed by atoms with E-state index in [1.807, 2.05) is 13.8 Å². The summed E-state index contributed by atoms with van der Waals surface area (Å²) in [4.78, 5) is 31.1. The van der Waals surface area contributed by atoms with Crippen molar-refractivity contribution in [2.75, 3.05) is 11.9 Å². The van der Waals surface area contributed by atoms with Crippen LogP contribution in [0.1, 0.15) is 41.3 Å². The Bertz CT molecular complexity index is 754. The summed E-state index contributed by atoms with van der Waals surface area (Å²) in [6.07, 6.45) is 2.45. The average molecular weight is 314 g/mol. The Balaban J connectivity index is 1.76. The minimum Gasteiger partial charge on any atom is -0.482 e. The molecule has 120 valence electrons. The van der Waals surface area contributed by atoms with Crippen molar-refractivity contribution in [1.29, 1.82) is 0 Å². The smallest absolute Gasteiger partial charge is 0.262 e. The lowest BCUT2D eigenvalue weighted by molar-refractivity contribution is -0.118. The lowest BCUT2D eigenvalue weighted by atomic mass is 10.1. The highest BCUT2D eigenvalue weighted by Gasteiger charge is 2.20. The van der Waals surface area contributed by atoms with E-state index in [4.69, 9.17) is 4.74 Å². The summed E-state index contributed by atoms with van der Waals surface area (Å²) in [5.41, 5.74) is 2.00. The number of H-pyrrole nitrogens is 1. The van der Waals surface area contributed by atoms with Crippen LogP contribution in [-0.4, -0.2) is 28.4 Å². The third kappa shape index (κ3) is 3.18. The number of hydrogen-bond donors (Lipinski definition) is 3. The number of nitrogens with zero attached hydrogens (tertiary/aromatic N) is 1. The minimum atomic E-state index is -0.214. The van der Waals surface area contributed by atoms with E-state index in [9.17, 15) is 9.59 Å². The van der Waals surface area contributed by atoms with E-state index in [0.717, 1.165) is 17.9 Å². The van der Waals surface area contributed by atoms with Crippen LogP contribution >= 0.6 is 0 Å². The predicted octanol–water partition coefficient (Wildman–Crippen LogP) is 1.93. The number of carbonyl (C=O) groups excluding carboxylic acids is 2. The van der Waals surface area contributed by atoms with Crippen LogP contribution in [0.2, 0.25) is 0 Å². The number of amides is 2. The fraction of sp³-hybridized carbons (Fsp3) is 0.312. The Labute approximate surface area is 133 Å². The second-order valence-electron chi connectivity index (χ2n) is 5.43. The van der Waals surface area contributed by atoms with Gasteiger partial charge >= 0.3 is 0 Å². The molecule has 0 spiro atoms. The normalized spacial score (nSPS) is 14.4. The van der Waals surface area contributed by atoms with Gasteiger partial charge in [-0.2, -0.15) is 0 Å². The maximum absolute atomic E-state index is 12.4. The number of aromatic nitrogens is 2. The van der Waals surface area contributed by atoms with Gasteiger partial charge in [0.25, 0.3) is 11.8 Å². The second kappa shape index (κ2) is 6.12. The van der Waals surface area contributed by atoms with Gasteiger partial charge < -0.3 is 20.4 Å². The van der Waals surface area contributed by atoms with Gasteiger partial charge in [0.1, 0.15) is 11.6 Å². The van der Waals surface area contributed by atoms with E-state index in [2.05, 4.69) is 20.6 Å². The van der Waals surface area contributed by atoms with Crippen LogP contribution < -0.4 is 15.4 Å². The zero-order valence-electron chi connectivity index (χ0n) is 13.0. The second-order valence-corrected chi connectivity index (χ2v) is 5.43. The summed E-state index contributed by atoms with van der Waals surface area (Å²) in [6, 6.07) is 4.76. The number of rotatable bonds is 4. The topological polar surface area (TPSA) is 96.1 Å². The van der Waals surface area contributed by atoms with Crippen molar-refractivity contribution in [1.82, 2.24) is 15.3 Å². The number of carbonyl (C=O) groups is 2. The lowest BCUT2D eigenvalue weighted by Gasteiger charge is -2.19. The van der Waals surface area contributed by atoms with E-state index in [-0.39, 0.29) is 24.5 Å². The molecule has 0 fully saturated rings. The summed E-state index contributed by atoms with van der Waals surface area (Å²) in [5, 5.41) is 5.65. The van der Waals surface area contributed by atoms with Crippen LogP contribution in [0.3, 0.4) is 0 Å².